The second-order valence-electron chi connectivity index (χ2n) is 10.1. The van der Waals surface area contributed by atoms with Crippen LogP contribution in [0.4, 0.5) is 13.2 Å². The summed E-state index contributed by atoms with van der Waals surface area (Å²) < 4.78 is 73.9. The van der Waals surface area contributed by atoms with Crippen molar-refractivity contribution in [2.45, 2.75) is 56.6 Å². The van der Waals surface area contributed by atoms with Gasteiger partial charge in [0, 0.05) is 43.6 Å². The Balaban J connectivity index is 1.59. The number of aliphatic hydroxyl groups excluding tert-OH is 1. The topological polar surface area (TPSA) is 137 Å². The number of carbonyl (C=O) groups excluding carboxylic acids is 1. The largest absolute Gasteiger partial charge is 0.396 e. The molecular formula is C27H30F3N3O7S. The molecule has 3 aromatic rings. The third kappa shape index (κ3) is 6.30. The van der Waals surface area contributed by atoms with Gasteiger partial charge in [-0.2, -0.15) is 0 Å². The van der Waals surface area contributed by atoms with E-state index in [0.29, 0.717) is 13.0 Å². The van der Waals surface area contributed by atoms with E-state index in [9.17, 15) is 26.8 Å². The zero-order valence-electron chi connectivity index (χ0n) is 22.5. The van der Waals surface area contributed by atoms with Crippen molar-refractivity contribution in [2.24, 2.45) is 0 Å². The van der Waals surface area contributed by atoms with Gasteiger partial charge in [-0.25, -0.2) is 36.9 Å². The van der Waals surface area contributed by atoms with Crippen molar-refractivity contribution in [1.29, 1.82) is 0 Å². The number of aliphatic hydroxyl groups is 1. The van der Waals surface area contributed by atoms with Gasteiger partial charge in [0.1, 0.15) is 5.82 Å². The monoisotopic (exact) mass is 597 g/mol. The number of aryl methyl sites for hydroxylation is 1. The number of hydroxylamine groups is 1. The maximum absolute atomic E-state index is 15.1. The van der Waals surface area contributed by atoms with Crippen molar-refractivity contribution in [1.82, 2.24) is 15.0 Å². The molecule has 2 heterocycles. The summed E-state index contributed by atoms with van der Waals surface area (Å²) in [6, 6.07) is 4.37. The van der Waals surface area contributed by atoms with Crippen molar-refractivity contribution in [3.8, 4) is 11.1 Å². The molecule has 10 nitrogen and oxygen atoms in total. The first-order valence-corrected chi connectivity index (χ1v) is 14.8. The molecule has 1 aromatic heterocycles. The molecule has 0 saturated carbocycles. The minimum atomic E-state index is -4.01. The molecule has 4 rings (SSSR count). The fraction of sp³-hybridized carbons (Fsp3) is 0.444. The standard InChI is InChI=1S/C27H30F3N3O7S/c1-27(41(2,37)38,26(36)32-40-22-5-3-4-12-39-22)9-10-33-15-31-21-14-18(20(28)13-19(21)25(33)35)17-7-6-16(8-11-34)23(29)24(17)30/h6-7,13-15,22,34H,3-5,8-12H2,1-2H3,(H,32,36)/t22?,27-/m1/s1. The Morgan fingerprint density at radius 3 is 2.63 bits per heavy atom. The van der Waals surface area contributed by atoms with Crippen LogP contribution in [-0.4, -0.2) is 59.5 Å². The number of rotatable bonds is 10. The van der Waals surface area contributed by atoms with Gasteiger partial charge in [0.05, 0.1) is 17.2 Å². The lowest BCUT2D eigenvalue weighted by Gasteiger charge is -2.28. The number of ether oxygens (including phenoxy) is 1. The maximum atomic E-state index is 15.1. The summed E-state index contributed by atoms with van der Waals surface area (Å²) in [5.41, 5.74) is 0.651. The summed E-state index contributed by atoms with van der Waals surface area (Å²) in [6.07, 6.45) is 3.03. The predicted octanol–water partition coefficient (Wildman–Crippen LogP) is 2.78. The highest BCUT2D eigenvalue weighted by atomic mass is 32.2. The molecule has 1 unspecified atom stereocenters. The van der Waals surface area contributed by atoms with Crippen LogP contribution in [0.3, 0.4) is 0 Å². The lowest BCUT2D eigenvalue weighted by molar-refractivity contribution is -0.201. The van der Waals surface area contributed by atoms with Gasteiger partial charge in [-0.15, -0.1) is 0 Å². The molecule has 1 fully saturated rings. The molecule has 1 saturated heterocycles. The van der Waals surface area contributed by atoms with E-state index in [4.69, 9.17) is 14.7 Å². The third-order valence-electron chi connectivity index (χ3n) is 7.30. The average Bonchev–Trinajstić information content (AvgIpc) is 2.94. The van der Waals surface area contributed by atoms with E-state index in [2.05, 4.69) is 10.5 Å². The molecule has 14 heteroatoms. The normalized spacial score (nSPS) is 17.4. The quantitative estimate of drug-likeness (QED) is 0.341. The number of fused-ring (bicyclic) bond motifs is 1. The maximum Gasteiger partial charge on any atom is 0.264 e. The van der Waals surface area contributed by atoms with Crippen molar-refractivity contribution >= 4 is 26.6 Å². The molecule has 1 amide bonds. The lowest BCUT2D eigenvalue weighted by atomic mass is 9.99. The van der Waals surface area contributed by atoms with Gasteiger partial charge >= 0.3 is 0 Å². The Kier molecular flexibility index (Phi) is 9.16. The predicted molar refractivity (Wildman–Crippen MR) is 143 cm³/mol. The van der Waals surface area contributed by atoms with Crippen molar-refractivity contribution in [3.63, 3.8) is 0 Å². The van der Waals surface area contributed by atoms with Crippen LogP contribution in [0.5, 0.6) is 0 Å². The Labute approximate surface area is 234 Å². The van der Waals surface area contributed by atoms with Gasteiger partial charge in [0.15, 0.2) is 32.5 Å². The number of sulfone groups is 1. The van der Waals surface area contributed by atoms with E-state index >= 15 is 4.39 Å². The average molecular weight is 598 g/mol. The minimum absolute atomic E-state index is 0.00797. The number of benzene rings is 2. The number of aromatic nitrogens is 2. The molecule has 0 radical (unpaired) electrons. The number of amides is 1. The van der Waals surface area contributed by atoms with Crippen LogP contribution in [0.25, 0.3) is 22.0 Å². The van der Waals surface area contributed by atoms with Crippen LogP contribution < -0.4 is 11.0 Å². The fourth-order valence-electron chi connectivity index (χ4n) is 4.49. The van der Waals surface area contributed by atoms with Crippen molar-refractivity contribution in [2.75, 3.05) is 19.5 Å². The van der Waals surface area contributed by atoms with Gasteiger partial charge < -0.3 is 9.84 Å². The Bertz CT molecular complexity index is 1620. The van der Waals surface area contributed by atoms with Crippen LogP contribution in [0, 0.1) is 17.5 Å². The minimum Gasteiger partial charge on any atom is -0.396 e. The van der Waals surface area contributed by atoms with Crippen LogP contribution in [0.2, 0.25) is 0 Å². The van der Waals surface area contributed by atoms with Crippen LogP contribution in [-0.2, 0) is 37.2 Å². The summed E-state index contributed by atoms with van der Waals surface area (Å²) in [6.45, 7) is 0.988. The molecule has 0 aliphatic carbocycles. The second kappa shape index (κ2) is 12.3. The number of nitrogens with one attached hydrogen (secondary N) is 1. The second-order valence-corrected chi connectivity index (χ2v) is 12.5. The molecule has 1 aliphatic rings. The molecule has 0 bridgehead atoms. The van der Waals surface area contributed by atoms with Crippen molar-refractivity contribution < 1.29 is 41.1 Å². The smallest absolute Gasteiger partial charge is 0.264 e. The van der Waals surface area contributed by atoms with E-state index < -0.39 is 56.4 Å². The Morgan fingerprint density at radius 1 is 1.22 bits per heavy atom. The Hall–Kier alpha value is -3.33. The summed E-state index contributed by atoms with van der Waals surface area (Å²) >= 11 is 0. The first-order valence-electron chi connectivity index (χ1n) is 12.9. The van der Waals surface area contributed by atoms with E-state index in [0.717, 1.165) is 42.1 Å². The summed E-state index contributed by atoms with van der Waals surface area (Å²) in [5, 5.41) is 8.82. The lowest BCUT2D eigenvalue weighted by Crippen LogP contribution is -2.51. The van der Waals surface area contributed by atoms with Gasteiger partial charge in [0.2, 0.25) is 0 Å². The van der Waals surface area contributed by atoms with Crippen LogP contribution >= 0.6 is 0 Å². The van der Waals surface area contributed by atoms with Gasteiger partial charge in [0.25, 0.3) is 11.5 Å². The number of hydrogen-bond donors (Lipinski definition) is 2. The summed E-state index contributed by atoms with van der Waals surface area (Å²) in [5.74, 6) is -4.47. The van der Waals surface area contributed by atoms with E-state index in [1.54, 1.807) is 0 Å². The highest BCUT2D eigenvalue weighted by Crippen LogP contribution is 2.31. The number of hydrogen-bond acceptors (Lipinski definition) is 8. The number of carbonyl (C=O) groups is 1. The summed E-state index contributed by atoms with van der Waals surface area (Å²) in [4.78, 5) is 35.4. The SMILES string of the molecule is C[C@@](CCn1cnc2cc(-c3ccc(CCO)c(F)c3F)c(F)cc2c1=O)(C(=O)NOC1CCCCO1)S(C)(=O)=O. The Morgan fingerprint density at radius 2 is 1.98 bits per heavy atom. The van der Waals surface area contributed by atoms with Crippen LogP contribution in [0.15, 0.2) is 35.4 Å². The molecule has 41 heavy (non-hydrogen) atoms. The number of nitrogens with zero attached hydrogens (tertiary/aromatic N) is 2. The highest BCUT2D eigenvalue weighted by molar-refractivity contribution is 7.92. The molecule has 2 N–H and O–H groups in total. The molecule has 2 atom stereocenters. The molecule has 222 valence electrons. The summed E-state index contributed by atoms with van der Waals surface area (Å²) in [7, 11) is -4.01. The van der Waals surface area contributed by atoms with Gasteiger partial charge in [-0.3, -0.25) is 14.2 Å². The first kappa shape index (κ1) is 30.6. The van der Waals surface area contributed by atoms with Gasteiger partial charge in [-0.1, -0.05) is 12.1 Å². The molecular weight excluding hydrogens is 567 g/mol. The zero-order valence-corrected chi connectivity index (χ0v) is 23.3. The zero-order chi connectivity index (χ0) is 29.9. The van der Waals surface area contributed by atoms with Crippen LogP contribution in [0.1, 0.15) is 38.2 Å². The molecule has 0 spiro atoms. The molecule has 1 aliphatic heterocycles. The fourth-order valence-corrected chi connectivity index (χ4v) is 5.33. The van der Waals surface area contributed by atoms with Crippen molar-refractivity contribution in [3.05, 3.63) is 64.0 Å². The van der Waals surface area contributed by atoms with E-state index in [-0.39, 0.29) is 47.0 Å². The van der Waals surface area contributed by atoms with Gasteiger partial charge in [-0.05, 0) is 50.3 Å². The highest BCUT2D eigenvalue weighted by Gasteiger charge is 2.44. The molecule has 2 aromatic carbocycles. The van der Waals surface area contributed by atoms with E-state index in [1.807, 2.05) is 0 Å². The number of halogens is 3. The third-order valence-corrected chi connectivity index (χ3v) is 9.32. The van der Waals surface area contributed by atoms with E-state index in [1.165, 1.54) is 19.1 Å². The first-order chi connectivity index (χ1) is 19.4.